The molecule has 94 valence electrons. The molecule has 2 N–H and O–H groups in total. The number of hydrogen-bond acceptors (Lipinski definition) is 2. The van der Waals surface area contributed by atoms with Gasteiger partial charge in [0.2, 0.25) is 0 Å². The van der Waals surface area contributed by atoms with E-state index >= 15 is 0 Å². The summed E-state index contributed by atoms with van der Waals surface area (Å²) in [4.78, 5) is 11.6. The fraction of sp³-hybridized carbons (Fsp3) is 0.400. The Labute approximate surface area is 106 Å². The van der Waals surface area contributed by atoms with Crippen LogP contribution in [0.4, 0.5) is 0 Å². The smallest absolute Gasteiger partial charge is 0.314 e. The molecule has 0 saturated heterocycles. The molecule has 1 aliphatic rings. The molecule has 1 saturated carbocycles. The Bertz CT molecular complexity index is 473. The number of terminal acetylenes is 1. The van der Waals surface area contributed by atoms with E-state index < -0.39 is 11.4 Å². The summed E-state index contributed by atoms with van der Waals surface area (Å²) in [6.45, 7) is 0. The molecule has 0 aromatic heterocycles. The first-order chi connectivity index (χ1) is 8.58. The van der Waals surface area contributed by atoms with E-state index in [-0.39, 0.29) is 6.10 Å². The molecule has 2 rings (SSSR count). The Balaban J connectivity index is 2.35. The normalized spacial score (nSPS) is 27.4. The predicted molar refractivity (Wildman–Crippen MR) is 68.2 cm³/mol. The number of carboxylic acid groups (broad SMARTS) is 1. The van der Waals surface area contributed by atoms with Crippen LogP contribution in [0.2, 0.25) is 0 Å². The molecule has 0 radical (unpaired) electrons. The van der Waals surface area contributed by atoms with Crippen LogP contribution in [0.15, 0.2) is 24.3 Å². The maximum atomic E-state index is 11.6. The fourth-order valence-corrected chi connectivity index (χ4v) is 2.61. The van der Waals surface area contributed by atoms with Gasteiger partial charge in [0.15, 0.2) is 0 Å². The summed E-state index contributed by atoms with van der Waals surface area (Å²) in [5.41, 5.74) is 0.655. The van der Waals surface area contributed by atoms with Gasteiger partial charge in [-0.3, -0.25) is 4.79 Å². The second kappa shape index (κ2) is 4.83. The van der Waals surface area contributed by atoms with Crippen molar-refractivity contribution in [1.82, 2.24) is 0 Å². The Morgan fingerprint density at radius 1 is 1.28 bits per heavy atom. The first kappa shape index (κ1) is 12.7. The highest BCUT2D eigenvalue weighted by Crippen LogP contribution is 2.39. The summed E-state index contributed by atoms with van der Waals surface area (Å²) >= 11 is 0. The number of rotatable bonds is 2. The molecule has 0 heterocycles. The van der Waals surface area contributed by atoms with Crippen LogP contribution in [0.5, 0.6) is 0 Å². The highest BCUT2D eigenvalue weighted by molar-refractivity contribution is 5.81. The zero-order valence-corrected chi connectivity index (χ0v) is 10.1. The van der Waals surface area contributed by atoms with Crippen molar-refractivity contribution in [2.75, 3.05) is 0 Å². The zero-order chi connectivity index (χ0) is 13.2. The Hall–Kier alpha value is -1.79. The minimum Gasteiger partial charge on any atom is -0.481 e. The number of hydrogen-bond donors (Lipinski definition) is 2. The van der Waals surface area contributed by atoms with Gasteiger partial charge in [0.1, 0.15) is 0 Å². The van der Waals surface area contributed by atoms with Crippen molar-refractivity contribution in [1.29, 1.82) is 0 Å². The third-order valence-electron chi connectivity index (χ3n) is 3.82. The van der Waals surface area contributed by atoms with Crippen molar-refractivity contribution >= 4 is 5.97 Å². The lowest BCUT2D eigenvalue weighted by Gasteiger charge is -2.35. The molecule has 0 unspecified atom stereocenters. The average Bonchev–Trinajstić information content (AvgIpc) is 2.40. The maximum absolute atomic E-state index is 11.6. The molecular formula is C15H16O3. The standard InChI is InChI=1S/C15H16O3/c1-2-11-3-5-12(6-4-11)15(14(17)18)9-7-13(16)8-10-15/h1,3-6,13,16H,7-10H2,(H,17,18). The van der Waals surface area contributed by atoms with Gasteiger partial charge in [-0.15, -0.1) is 6.42 Å². The highest BCUT2D eigenvalue weighted by atomic mass is 16.4. The van der Waals surface area contributed by atoms with Crippen molar-refractivity contribution in [2.24, 2.45) is 0 Å². The molecule has 0 spiro atoms. The average molecular weight is 244 g/mol. The lowest BCUT2D eigenvalue weighted by Crippen LogP contribution is -2.40. The van der Waals surface area contributed by atoms with Gasteiger partial charge in [-0.1, -0.05) is 18.1 Å². The van der Waals surface area contributed by atoms with Crippen molar-refractivity contribution in [3.8, 4) is 12.3 Å². The monoisotopic (exact) mass is 244 g/mol. The van der Waals surface area contributed by atoms with Crippen LogP contribution >= 0.6 is 0 Å². The topological polar surface area (TPSA) is 57.5 Å². The molecule has 0 atom stereocenters. The van der Waals surface area contributed by atoms with Gasteiger partial charge in [0.05, 0.1) is 11.5 Å². The van der Waals surface area contributed by atoms with Gasteiger partial charge in [-0.05, 0) is 43.4 Å². The lowest BCUT2D eigenvalue weighted by molar-refractivity contribution is -0.146. The molecular weight excluding hydrogens is 228 g/mol. The Morgan fingerprint density at radius 3 is 2.28 bits per heavy atom. The van der Waals surface area contributed by atoms with E-state index in [0.29, 0.717) is 25.7 Å². The second-order valence-corrected chi connectivity index (χ2v) is 4.84. The van der Waals surface area contributed by atoms with Gasteiger partial charge in [0.25, 0.3) is 0 Å². The minimum absolute atomic E-state index is 0.373. The van der Waals surface area contributed by atoms with Crippen LogP contribution in [0.3, 0.4) is 0 Å². The van der Waals surface area contributed by atoms with Crippen molar-refractivity contribution in [3.05, 3.63) is 35.4 Å². The fourth-order valence-electron chi connectivity index (χ4n) is 2.61. The molecule has 0 bridgehead atoms. The van der Waals surface area contributed by atoms with E-state index in [9.17, 15) is 15.0 Å². The molecule has 3 nitrogen and oxygen atoms in total. The van der Waals surface area contributed by atoms with Crippen LogP contribution in [0, 0.1) is 12.3 Å². The third-order valence-corrected chi connectivity index (χ3v) is 3.82. The van der Waals surface area contributed by atoms with Gasteiger partial charge in [-0.2, -0.15) is 0 Å². The number of benzene rings is 1. The molecule has 1 aromatic carbocycles. The highest BCUT2D eigenvalue weighted by Gasteiger charge is 2.43. The van der Waals surface area contributed by atoms with E-state index in [1.807, 2.05) is 0 Å². The van der Waals surface area contributed by atoms with Crippen LogP contribution in [-0.2, 0) is 10.2 Å². The second-order valence-electron chi connectivity index (χ2n) is 4.84. The minimum atomic E-state index is -0.869. The number of carbonyl (C=O) groups is 1. The summed E-state index contributed by atoms with van der Waals surface area (Å²) in [6.07, 6.45) is 6.92. The molecule has 3 heteroatoms. The molecule has 1 aromatic rings. The quantitative estimate of drug-likeness (QED) is 0.781. The molecule has 18 heavy (non-hydrogen) atoms. The third kappa shape index (κ3) is 2.12. The molecule has 1 fully saturated rings. The van der Waals surface area contributed by atoms with Gasteiger partial charge >= 0.3 is 5.97 Å². The number of aliphatic carboxylic acids is 1. The van der Waals surface area contributed by atoms with Crippen LogP contribution in [0.1, 0.15) is 36.8 Å². The van der Waals surface area contributed by atoms with Crippen LogP contribution < -0.4 is 0 Å². The predicted octanol–water partition coefficient (Wildman–Crippen LogP) is 1.93. The van der Waals surface area contributed by atoms with Crippen LogP contribution in [-0.4, -0.2) is 22.3 Å². The molecule has 1 aliphatic carbocycles. The number of aliphatic hydroxyl groups excluding tert-OH is 1. The largest absolute Gasteiger partial charge is 0.481 e. The number of aliphatic hydroxyl groups is 1. The van der Waals surface area contributed by atoms with E-state index in [1.165, 1.54) is 0 Å². The Morgan fingerprint density at radius 2 is 1.83 bits per heavy atom. The first-order valence-electron chi connectivity index (χ1n) is 6.07. The summed E-state index contributed by atoms with van der Waals surface area (Å²) in [6, 6.07) is 7.12. The van der Waals surface area contributed by atoms with Crippen LogP contribution in [0.25, 0.3) is 0 Å². The van der Waals surface area contributed by atoms with E-state index in [2.05, 4.69) is 5.92 Å². The van der Waals surface area contributed by atoms with Gasteiger partial charge < -0.3 is 10.2 Å². The molecule has 0 amide bonds. The first-order valence-corrected chi connectivity index (χ1v) is 6.07. The van der Waals surface area contributed by atoms with E-state index in [1.54, 1.807) is 24.3 Å². The zero-order valence-electron chi connectivity index (χ0n) is 10.1. The maximum Gasteiger partial charge on any atom is 0.314 e. The summed E-state index contributed by atoms with van der Waals surface area (Å²) < 4.78 is 0. The van der Waals surface area contributed by atoms with Crippen molar-refractivity contribution in [3.63, 3.8) is 0 Å². The summed E-state index contributed by atoms with van der Waals surface area (Å²) in [7, 11) is 0. The van der Waals surface area contributed by atoms with E-state index in [4.69, 9.17) is 6.42 Å². The van der Waals surface area contributed by atoms with Crippen molar-refractivity contribution in [2.45, 2.75) is 37.2 Å². The lowest BCUT2D eigenvalue weighted by atomic mass is 9.68. The summed E-state index contributed by atoms with van der Waals surface area (Å²) in [5, 5.41) is 19.1. The van der Waals surface area contributed by atoms with Gasteiger partial charge in [0, 0.05) is 5.56 Å². The van der Waals surface area contributed by atoms with Crippen molar-refractivity contribution < 1.29 is 15.0 Å². The van der Waals surface area contributed by atoms with Gasteiger partial charge in [-0.25, -0.2) is 0 Å². The SMILES string of the molecule is C#Cc1ccc(C2(C(=O)O)CCC(O)CC2)cc1. The Kier molecular flexibility index (Phi) is 3.40. The molecule has 0 aliphatic heterocycles. The summed E-state index contributed by atoms with van der Waals surface area (Å²) in [5.74, 6) is 1.70. The van der Waals surface area contributed by atoms with E-state index in [0.717, 1.165) is 11.1 Å². The number of carboxylic acids is 1.